The molecule has 1 atom stereocenters. The maximum absolute atomic E-state index is 11.3. The Morgan fingerprint density at radius 2 is 1.90 bits per heavy atom. The largest absolute Gasteiger partial charge is 0.494 e. The molecule has 0 aliphatic carbocycles. The lowest BCUT2D eigenvalue weighted by Crippen LogP contribution is -2.33. The minimum Gasteiger partial charge on any atom is -0.494 e. The van der Waals surface area contributed by atoms with Crippen LogP contribution in [0.1, 0.15) is 26.2 Å². The van der Waals surface area contributed by atoms with Crippen LogP contribution in [0.15, 0.2) is 29.2 Å². The number of nitrogens with two attached hydrogens (primary N) is 1. The number of sulfone groups is 1. The second kappa shape index (κ2) is 6.73. The van der Waals surface area contributed by atoms with Gasteiger partial charge in [0.1, 0.15) is 11.3 Å². The third kappa shape index (κ3) is 5.59. The zero-order chi connectivity index (χ0) is 15.2. The molecule has 0 fully saturated rings. The highest BCUT2D eigenvalue weighted by Gasteiger charge is 2.15. The molecule has 0 saturated heterocycles. The molecule has 5 nitrogen and oxygen atoms in total. The van der Waals surface area contributed by atoms with Gasteiger partial charge < -0.3 is 10.5 Å². The average molecular weight is 296 g/mol. The van der Waals surface area contributed by atoms with Crippen molar-refractivity contribution in [2.24, 2.45) is 5.73 Å². The summed E-state index contributed by atoms with van der Waals surface area (Å²) in [6.07, 6.45) is 3.39. The van der Waals surface area contributed by atoms with Crippen molar-refractivity contribution < 1.29 is 13.2 Å². The molecule has 110 valence electrons. The third-order valence-corrected chi connectivity index (χ3v) is 3.99. The lowest BCUT2D eigenvalue weighted by Gasteiger charge is -2.14. The molecule has 0 aliphatic heterocycles. The summed E-state index contributed by atoms with van der Waals surface area (Å²) in [5.41, 5.74) is 4.93. The van der Waals surface area contributed by atoms with Gasteiger partial charge in [-0.15, -0.1) is 0 Å². The highest BCUT2D eigenvalue weighted by atomic mass is 32.2. The summed E-state index contributed by atoms with van der Waals surface area (Å²) in [4.78, 5) is 0.276. The first kappa shape index (κ1) is 16.5. The van der Waals surface area contributed by atoms with Crippen LogP contribution in [-0.2, 0) is 9.84 Å². The number of benzene rings is 1. The predicted molar refractivity (Wildman–Crippen MR) is 77.1 cm³/mol. The van der Waals surface area contributed by atoms with Gasteiger partial charge in [-0.1, -0.05) is 0 Å². The van der Waals surface area contributed by atoms with E-state index in [4.69, 9.17) is 15.7 Å². The van der Waals surface area contributed by atoms with Crippen molar-refractivity contribution in [1.82, 2.24) is 0 Å². The van der Waals surface area contributed by atoms with Gasteiger partial charge in [0.25, 0.3) is 0 Å². The Hall–Kier alpha value is -1.58. The van der Waals surface area contributed by atoms with E-state index in [0.717, 1.165) is 12.8 Å². The van der Waals surface area contributed by atoms with Gasteiger partial charge in [-0.05, 0) is 50.5 Å². The summed E-state index contributed by atoms with van der Waals surface area (Å²) in [5, 5.41) is 8.76. The fourth-order valence-corrected chi connectivity index (χ4v) is 2.25. The van der Waals surface area contributed by atoms with Crippen LogP contribution in [0.25, 0.3) is 0 Å². The van der Waals surface area contributed by atoms with Gasteiger partial charge in [0.05, 0.1) is 17.6 Å². The lowest BCUT2D eigenvalue weighted by molar-refractivity contribution is 0.300. The summed E-state index contributed by atoms with van der Waals surface area (Å²) < 4.78 is 28.1. The second-order valence-electron chi connectivity index (χ2n) is 5.08. The van der Waals surface area contributed by atoms with Crippen LogP contribution in [0.5, 0.6) is 5.75 Å². The Balaban J connectivity index is 2.35. The predicted octanol–water partition coefficient (Wildman–Crippen LogP) is 1.88. The standard InChI is InChI=1S/C14H20N2O3S/c1-14(16,11-15)9-3-4-10-19-12-5-7-13(8-6-12)20(2,17)18/h5-8H,3-4,9-10,16H2,1-2H3. The van der Waals surface area contributed by atoms with E-state index >= 15 is 0 Å². The number of rotatable bonds is 7. The van der Waals surface area contributed by atoms with Crippen molar-refractivity contribution in [3.8, 4) is 11.8 Å². The van der Waals surface area contributed by atoms with E-state index in [2.05, 4.69) is 6.07 Å². The van der Waals surface area contributed by atoms with Gasteiger partial charge in [0.15, 0.2) is 9.84 Å². The molecule has 0 saturated carbocycles. The molecule has 0 heterocycles. The first-order valence-corrected chi connectivity index (χ1v) is 8.27. The van der Waals surface area contributed by atoms with Crippen LogP contribution in [0.4, 0.5) is 0 Å². The summed E-state index contributed by atoms with van der Waals surface area (Å²) >= 11 is 0. The molecule has 0 spiro atoms. The minimum absolute atomic E-state index is 0.276. The summed E-state index contributed by atoms with van der Waals surface area (Å²) in [7, 11) is -3.17. The first-order valence-electron chi connectivity index (χ1n) is 6.38. The van der Waals surface area contributed by atoms with Gasteiger partial charge in [0.2, 0.25) is 0 Å². The van der Waals surface area contributed by atoms with E-state index in [1.165, 1.54) is 18.4 Å². The van der Waals surface area contributed by atoms with Gasteiger partial charge >= 0.3 is 0 Å². The van der Waals surface area contributed by atoms with E-state index in [1.54, 1.807) is 19.1 Å². The maximum Gasteiger partial charge on any atom is 0.175 e. The van der Waals surface area contributed by atoms with Crippen LogP contribution < -0.4 is 10.5 Å². The monoisotopic (exact) mass is 296 g/mol. The zero-order valence-electron chi connectivity index (χ0n) is 11.8. The molecule has 0 aromatic heterocycles. The third-order valence-electron chi connectivity index (χ3n) is 2.87. The molecule has 20 heavy (non-hydrogen) atoms. The number of unbranched alkanes of at least 4 members (excludes halogenated alkanes) is 1. The fourth-order valence-electron chi connectivity index (χ4n) is 1.62. The van der Waals surface area contributed by atoms with Crippen LogP contribution in [0.2, 0.25) is 0 Å². The molecule has 1 rings (SSSR count). The van der Waals surface area contributed by atoms with Gasteiger partial charge in [-0.3, -0.25) is 0 Å². The highest BCUT2D eigenvalue weighted by molar-refractivity contribution is 7.90. The molecule has 0 bridgehead atoms. The number of ether oxygens (including phenoxy) is 1. The minimum atomic E-state index is -3.17. The average Bonchev–Trinajstić information content (AvgIpc) is 2.38. The van der Waals surface area contributed by atoms with Crippen molar-refractivity contribution >= 4 is 9.84 Å². The molecule has 0 aliphatic rings. The van der Waals surface area contributed by atoms with Crippen molar-refractivity contribution in [3.05, 3.63) is 24.3 Å². The van der Waals surface area contributed by atoms with Gasteiger partial charge in [0, 0.05) is 6.26 Å². The zero-order valence-corrected chi connectivity index (χ0v) is 12.6. The van der Waals surface area contributed by atoms with Crippen molar-refractivity contribution in [1.29, 1.82) is 5.26 Å². The second-order valence-corrected chi connectivity index (χ2v) is 7.09. The number of hydrogen-bond donors (Lipinski definition) is 1. The van der Waals surface area contributed by atoms with Crippen LogP contribution >= 0.6 is 0 Å². The van der Waals surface area contributed by atoms with Crippen LogP contribution in [0, 0.1) is 11.3 Å². The van der Waals surface area contributed by atoms with E-state index in [0.29, 0.717) is 18.8 Å². The van der Waals surface area contributed by atoms with Crippen LogP contribution in [0.3, 0.4) is 0 Å². The molecule has 2 N–H and O–H groups in total. The smallest absolute Gasteiger partial charge is 0.175 e. The van der Waals surface area contributed by atoms with Gasteiger partial charge in [-0.25, -0.2) is 8.42 Å². The molecular formula is C14H20N2O3S. The Bertz CT molecular complexity index is 571. The lowest BCUT2D eigenvalue weighted by atomic mass is 9.98. The van der Waals surface area contributed by atoms with Gasteiger partial charge in [-0.2, -0.15) is 5.26 Å². The molecule has 6 heteroatoms. The Morgan fingerprint density at radius 3 is 2.40 bits per heavy atom. The highest BCUT2D eigenvalue weighted by Crippen LogP contribution is 2.16. The number of hydrogen-bond acceptors (Lipinski definition) is 5. The van der Waals surface area contributed by atoms with E-state index in [-0.39, 0.29) is 4.90 Å². The molecule has 1 aromatic carbocycles. The topological polar surface area (TPSA) is 93.2 Å². The SMILES string of the molecule is CC(N)(C#N)CCCCOc1ccc(S(C)(=O)=O)cc1. The molecule has 1 unspecified atom stereocenters. The maximum atomic E-state index is 11.3. The molecule has 0 amide bonds. The quantitative estimate of drug-likeness (QED) is 0.775. The summed E-state index contributed by atoms with van der Waals surface area (Å²) in [6, 6.07) is 8.38. The van der Waals surface area contributed by atoms with E-state index < -0.39 is 15.4 Å². The van der Waals surface area contributed by atoms with Crippen molar-refractivity contribution in [2.45, 2.75) is 36.6 Å². The Labute approximate surface area is 120 Å². The normalized spacial score (nSPS) is 14.3. The summed E-state index contributed by atoms with van der Waals surface area (Å²) in [5.74, 6) is 0.633. The molecule has 0 radical (unpaired) electrons. The molecule has 1 aromatic rings. The van der Waals surface area contributed by atoms with Crippen molar-refractivity contribution in [2.75, 3.05) is 12.9 Å². The first-order chi connectivity index (χ1) is 9.24. The van der Waals surface area contributed by atoms with E-state index in [9.17, 15) is 8.42 Å². The Kier molecular flexibility index (Phi) is 5.54. The Morgan fingerprint density at radius 1 is 1.30 bits per heavy atom. The fraction of sp³-hybridized carbons (Fsp3) is 0.500. The number of nitrogens with zero attached hydrogens (tertiary/aromatic N) is 1. The summed E-state index contributed by atoms with van der Waals surface area (Å²) in [6.45, 7) is 2.22. The molecular weight excluding hydrogens is 276 g/mol. The van der Waals surface area contributed by atoms with Crippen LogP contribution in [-0.4, -0.2) is 26.8 Å². The van der Waals surface area contributed by atoms with Crippen molar-refractivity contribution in [3.63, 3.8) is 0 Å². The number of nitriles is 1. The van der Waals surface area contributed by atoms with E-state index in [1.807, 2.05) is 0 Å².